The molecule has 3 heterocycles. The molecule has 25 heavy (non-hydrogen) atoms. The molecule has 1 aliphatic heterocycles. The normalized spacial score (nSPS) is 20.6. The maximum atomic E-state index is 12.2. The third-order valence-corrected chi connectivity index (χ3v) is 5.48. The lowest BCUT2D eigenvalue weighted by molar-refractivity contribution is -0.155. The van der Waals surface area contributed by atoms with Crippen molar-refractivity contribution in [1.29, 1.82) is 0 Å². The Balaban J connectivity index is 1.46. The summed E-state index contributed by atoms with van der Waals surface area (Å²) in [6.45, 7) is 4.65. The van der Waals surface area contributed by atoms with Gasteiger partial charge in [0.15, 0.2) is 6.61 Å². The molecule has 1 saturated heterocycles. The summed E-state index contributed by atoms with van der Waals surface area (Å²) < 4.78 is 10.7. The van der Waals surface area contributed by atoms with Crippen molar-refractivity contribution in [2.75, 3.05) is 25.4 Å². The topological polar surface area (TPSA) is 81.6 Å². The number of ether oxygens (including phenoxy) is 2. The first kappa shape index (κ1) is 18.1. The van der Waals surface area contributed by atoms with Crippen molar-refractivity contribution in [3.05, 3.63) is 17.8 Å². The first-order valence-corrected chi connectivity index (χ1v) is 9.79. The van der Waals surface area contributed by atoms with Gasteiger partial charge in [0.2, 0.25) is 0 Å². The molecule has 0 aliphatic carbocycles. The monoisotopic (exact) mass is 381 g/mol. The van der Waals surface area contributed by atoms with Gasteiger partial charge in [0.25, 0.3) is 5.91 Å². The summed E-state index contributed by atoms with van der Waals surface area (Å²) >= 11 is 2.81. The molecule has 7 nitrogen and oxygen atoms in total. The van der Waals surface area contributed by atoms with Gasteiger partial charge in [-0.15, -0.1) is 11.3 Å². The standard InChI is InChI=1S/C16H19N3O4S2/c1-10-5-19(6-11(2)23-10)13(20)7-22-14(21)8-25-16-12-3-4-24-15(12)17-9-18-16/h3-4,9-11H,5-8H2,1-2H3/t10-,11-/m1/s1. The maximum absolute atomic E-state index is 12.2. The van der Waals surface area contributed by atoms with Crippen molar-refractivity contribution in [3.63, 3.8) is 0 Å². The van der Waals surface area contributed by atoms with Crippen LogP contribution in [0.15, 0.2) is 22.8 Å². The van der Waals surface area contributed by atoms with Crippen LogP contribution in [-0.4, -0.2) is 64.4 Å². The molecule has 3 rings (SSSR count). The molecule has 1 aliphatic rings. The van der Waals surface area contributed by atoms with Crippen LogP contribution in [0.1, 0.15) is 13.8 Å². The molecule has 0 bridgehead atoms. The van der Waals surface area contributed by atoms with Gasteiger partial charge in [-0.2, -0.15) is 0 Å². The van der Waals surface area contributed by atoms with Crippen LogP contribution in [-0.2, 0) is 19.1 Å². The molecular weight excluding hydrogens is 362 g/mol. The second-order valence-corrected chi connectivity index (χ2v) is 7.68. The van der Waals surface area contributed by atoms with Crippen LogP contribution < -0.4 is 0 Å². The van der Waals surface area contributed by atoms with Crippen LogP contribution in [0, 0.1) is 0 Å². The van der Waals surface area contributed by atoms with Gasteiger partial charge in [-0.3, -0.25) is 9.59 Å². The minimum Gasteiger partial charge on any atom is -0.455 e. The highest BCUT2D eigenvalue weighted by Crippen LogP contribution is 2.27. The second kappa shape index (κ2) is 8.11. The van der Waals surface area contributed by atoms with Gasteiger partial charge >= 0.3 is 5.97 Å². The van der Waals surface area contributed by atoms with Gasteiger partial charge in [0.1, 0.15) is 16.2 Å². The van der Waals surface area contributed by atoms with Crippen LogP contribution in [0.3, 0.4) is 0 Å². The molecule has 0 radical (unpaired) electrons. The van der Waals surface area contributed by atoms with Crippen molar-refractivity contribution in [2.45, 2.75) is 31.1 Å². The van der Waals surface area contributed by atoms with Gasteiger partial charge < -0.3 is 14.4 Å². The van der Waals surface area contributed by atoms with E-state index < -0.39 is 5.97 Å². The SMILES string of the molecule is C[C@@H]1CN(C(=O)COC(=O)CSc2ncnc3sccc23)C[C@@H](C)O1. The molecule has 9 heteroatoms. The number of amides is 1. The highest BCUT2D eigenvalue weighted by molar-refractivity contribution is 8.00. The number of nitrogens with zero attached hydrogens (tertiary/aromatic N) is 3. The van der Waals surface area contributed by atoms with Crippen LogP contribution >= 0.6 is 23.1 Å². The van der Waals surface area contributed by atoms with E-state index in [9.17, 15) is 9.59 Å². The lowest BCUT2D eigenvalue weighted by atomic mass is 10.2. The van der Waals surface area contributed by atoms with Crippen molar-refractivity contribution >= 4 is 45.2 Å². The second-order valence-electron chi connectivity index (χ2n) is 5.82. The van der Waals surface area contributed by atoms with Crippen molar-refractivity contribution < 1.29 is 19.1 Å². The van der Waals surface area contributed by atoms with E-state index in [0.29, 0.717) is 13.1 Å². The van der Waals surface area contributed by atoms with Gasteiger partial charge in [0, 0.05) is 18.5 Å². The Kier molecular flexibility index (Phi) is 5.87. The van der Waals surface area contributed by atoms with Gasteiger partial charge in [0.05, 0.1) is 18.0 Å². The average Bonchev–Trinajstić information content (AvgIpc) is 3.06. The highest BCUT2D eigenvalue weighted by Gasteiger charge is 2.26. The van der Waals surface area contributed by atoms with Gasteiger partial charge in [-0.1, -0.05) is 11.8 Å². The first-order chi connectivity index (χ1) is 12.0. The third kappa shape index (κ3) is 4.68. The fourth-order valence-corrected chi connectivity index (χ4v) is 4.24. The maximum Gasteiger partial charge on any atom is 0.316 e. The largest absolute Gasteiger partial charge is 0.455 e. The molecule has 0 unspecified atom stereocenters. The molecule has 0 aromatic carbocycles. The summed E-state index contributed by atoms with van der Waals surface area (Å²) in [6, 6.07) is 1.93. The van der Waals surface area contributed by atoms with Crippen molar-refractivity contribution in [3.8, 4) is 0 Å². The van der Waals surface area contributed by atoms with E-state index >= 15 is 0 Å². The van der Waals surface area contributed by atoms with Gasteiger partial charge in [-0.25, -0.2) is 9.97 Å². The number of carbonyl (C=O) groups is 2. The summed E-state index contributed by atoms with van der Waals surface area (Å²) in [7, 11) is 0. The Labute approximate surface area is 153 Å². The fourth-order valence-electron chi connectivity index (χ4n) is 2.67. The van der Waals surface area contributed by atoms with Crippen molar-refractivity contribution in [2.24, 2.45) is 0 Å². The Morgan fingerprint density at radius 2 is 2.12 bits per heavy atom. The minimum absolute atomic E-state index is 0.00950. The van der Waals surface area contributed by atoms with E-state index in [2.05, 4.69) is 9.97 Å². The number of hydrogen-bond donors (Lipinski definition) is 0. The Morgan fingerprint density at radius 1 is 1.36 bits per heavy atom. The third-order valence-electron chi connectivity index (χ3n) is 3.68. The zero-order chi connectivity index (χ0) is 17.8. The summed E-state index contributed by atoms with van der Waals surface area (Å²) in [6.07, 6.45) is 1.46. The molecule has 0 saturated carbocycles. The molecule has 0 spiro atoms. The Morgan fingerprint density at radius 3 is 2.88 bits per heavy atom. The quantitative estimate of drug-likeness (QED) is 0.445. The predicted molar refractivity (Wildman–Crippen MR) is 95.7 cm³/mol. The number of esters is 1. The van der Waals surface area contributed by atoms with E-state index in [1.165, 1.54) is 29.4 Å². The zero-order valence-corrected chi connectivity index (χ0v) is 15.6. The molecule has 2 aromatic rings. The van der Waals surface area contributed by atoms with Crippen molar-refractivity contribution in [1.82, 2.24) is 14.9 Å². The number of fused-ring (bicyclic) bond motifs is 1. The fraction of sp³-hybridized carbons (Fsp3) is 0.500. The molecular formula is C16H19N3O4S2. The van der Waals surface area contributed by atoms with E-state index in [1.807, 2.05) is 25.3 Å². The number of thioether (sulfide) groups is 1. The molecule has 2 atom stereocenters. The van der Waals surface area contributed by atoms with Crippen LogP contribution in [0.25, 0.3) is 10.2 Å². The number of aromatic nitrogens is 2. The van der Waals surface area contributed by atoms with E-state index in [-0.39, 0.29) is 30.5 Å². The van der Waals surface area contributed by atoms with E-state index in [4.69, 9.17) is 9.47 Å². The summed E-state index contributed by atoms with van der Waals surface area (Å²) in [4.78, 5) is 35.0. The van der Waals surface area contributed by atoms with Crippen LogP contribution in [0.4, 0.5) is 0 Å². The predicted octanol–water partition coefficient (Wildman–Crippen LogP) is 1.96. The zero-order valence-electron chi connectivity index (χ0n) is 14.0. The summed E-state index contributed by atoms with van der Waals surface area (Å²) in [5.41, 5.74) is 0. The lowest BCUT2D eigenvalue weighted by Crippen LogP contribution is -2.49. The summed E-state index contributed by atoms with van der Waals surface area (Å²) in [5, 5.41) is 3.60. The smallest absolute Gasteiger partial charge is 0.316 e. The molecule has 0 N–H and O–H groups in total. The number of carbonyl (C=O) groups excluding carboxylic acids is 2. The number of morpholine rings is 1. The Hall–Kier alpha value is -1.71. The summed E-state index contributed by atoms with van der Waals surface area (Å²) in [5.74, 6) is -0.525. The molecule has 1 amide bonds. The van der Waals surface area contributed by atoms with Crippen LogP contribution in [0.5, 0.6) is 0 Å². The molecule has 1 fully saturated rings. The minimum atomic E-state index is -0.435. The molecule has 134 valence electrons. The lowest BCUT2D eigenvalue weighted by Gasteiger charge is -2.35. The number of rotatable bonds is 5. The highest BCUT2D eigenvalue weighted by atomic mass is 32.2. The number of hydrogen-bond acceptors (Lipinski definition) is 8. The van der Waals surface area contributed by atoms with Gasteiger partial charge in [-0.05, 0) is 25.3 Å². The average molecular weight is 381 g/mol. The Bertz CT molecular complexity index is 757. The van der Waals surface area contributed by atoms with E-state index in [0.717, 1.165) is 15.2 Å². The first-order valence-electron chi connectivity index (χ1n) is 7.93. The van der Waals surface area contributed by atoms with Crippen LogP contribution in [0.2, 0.25) is 0 Å². The number of thiophene rings is 1. The van der Waals surface area contributed by atoms with E-state index in [1.54, 1.807) is 4.90 Å². The molecule has 2 aromatic heterocycles.